The van der Waals surface area contributed by atoms with Crippen molar-refractivity contribution in [2.24, 2.45) is 0 Å². The molecule has 2 N–H and O–H groups in total. The summed E-state index contributed by atoms with van der Waals surface area (Å²) in [6.07, 6.45) is 0. The number of carbonyl (C=O) groups is 1. The molecule has 0 radical (unpaired) electrons. The van der Waals surface area contributed by atoms with Crippen LogP contribution in [0, 0.1) is 10.1 Å². The number of phenols is 2. The Kier molecular flexibility index (Phi) is 4.86. The molecule has 0 atom stereocenters. The van der Waals surface area contributed by atoms with Gasteiger partial charge in [-0.1, -0.05) is 23.7 Å². The third-order valence-corrected chi connectivity index (χ3v) is 5.48. The summed E-state index contributed by atoms with van der Waals surface area (Å²) in [7, 11) is -3.68. The molecular weight excluding hydrogens is 378 g/mol. The van der Waals surface area contributed by atoms with Gasteiger partial charge in [-0.2, -0.15) is 0 Å². The molecular formula is C14H10ClNO8S. The first-order valence-corrected chi connectivity index (χ1v) is 8.30. The molecule has 0 aromatic heterocycles. The number of sulfone groups is 1. The number of halogens is 1. The Balaban J connectivity index is 2.98. The number of esters is 1. The van der Waals surface area contributed by atoms with Crippen LogP contribution >= 0.6 is 11.6 Å². The summed E-state index contributed by atoms with van der Waals surface area (Å²) < 4.78 is 30.0. The minimum absolute atomic E-state index is 0.200. The van der Waals surface area contributed by atoms with Crippen molar-refractivity contribution < 1.29 is 33.1 Å². The fourth-order valence-electron chi connectivity index (χ4n) is 2.09. The zero-order chi connectivity index (χ0) is 18.9. The van der Waals surface area contributed by atoms with E-state index in [2.05, 4.69) is 4.74 Å². The molecule has 0 saturated carbocycles. The molecule has 9 nitrogen and oxygen atoms in total. The van der Waals surface area contributed by atoms with Gasteiger partial charge in [-0.25, -0.2) is 13.2 Å². The number of carbonyl (C=O) groups excluding carboxylic acids is 1. The monoisotopic (exact) mass is 387 g/mol. The number of nitro groups is 1. The first-order valence-electron chi connectivity index (χ1n) is 6.44. The van der Waals surface area contributed by atoms with Crippen LogP contribution < -0.4 is 0 Å². The van der Waals surface area contributed by atoms with E-state index in [1.165, 1.54) is 18.2 Å². The number of methoxy groups -OCH3 is 1. The second kappa shape index (κ2) is 6.57. The van der Waals surface area contributed by atoms with Crippen LogP contribution in [0.3, 0.4) is 0 Å². The van der Waals surface area contributed by atoms with Crippen molar-refractivity contribution in [1.82, 2.24) is 0 Å². The fraction of sp³-hybridized carbons (Fsp3) is 0.0714. The predicted molar refractivity (Wildman–Crippen MR) is 84.7 cm³/mol. The number of phenolic OH excluding ortho intramolecular Hbond substituents is 2. The molecule has 0 saturated heterocycles. The summed E-state index contributed by atoms with van der Waals surface area (Å²) in [6, 6.07) is 5.72. The van der Waals surface area contributed by atoms with Crippen LogP contribution in [0.2, 0.25) is 5.02 Å². The lowest BCUT2D eigenvalue weighted by Crippen LogP contribution is -2.14. The summed E-state index contributed by atoms with van der Waals surface area (Å²) in [5.41, 5.74) is -2.32. The van der Waals surface area contributed by atoms with Gasteiger partial charge in [0.05, 0.1) is 26.8 Å². The van der Waals surface area contributed by atoms with Crippen LogP contribution in [0.5, 0.6) is 11.5 Å². The van der Waals surface area contributed by atoms with Crippen LogP contribution in [0.15, 0.2) is 40.1 Å². The van der Waals surface area contributed by atoms with Crippen molar-refractivity contribution in [3.63, 3.8) is 0 Å². The van der Waals surface area contributed by atoms with Gasteiger partial charge in [0, 0.05) is 6.07 Å². The third kappa shape index (κ3) is 3.08. The standard InChI is InChI=1S/C14H10ClNO8S/c1-24-14(19)11-10(6-8(17)13(18)12(11)16(20)21)25(22,23)9-5-3-2-4-7(9)15/h2-6,17-18H,1H3. The summed E-state index contributed by atoms with van der Waals surface area (Å²) in [6.45, 7) is 0. The van der Waals surface area contributed by atoms with E-state index in [-0.39, 0.29) is 5.02 Å². The second-order valence-electron chi connectivity index (χ2n) is 4.65. The first-order chi connectivity index (χ1) is 11.6. The predicted octanol–water partition coefficient (Wildman–Crippen LogP) is 2.28. The van der Waals surface area contributed by atoms with Crippen molar-refractivity contribution >= 4 is 33.1 Å². The van der Waals surface area contributed by atoms with Gasteiger partial charge in [0.15, 0.2) is 11.3 Å². The Hall–Kier alpha value is -2.85. The maximum Gasteiger partial charge on any atom is 0.346 e. The first kappa shape index (κ1) is 18.5. The number of hydrogen-bond acceptors (Lipinski definition) is 8. The van der Waals surface area contributed by atoms with Crippen molar-refractivity contribution in [3.8, 4) is 11.5 Å². The average Bonchev–Trinajstić information content (AvgIpc) is 2.55. The number of nitrogens with zero attached hydrogens (tertiary/aromatic N) is 1. The van der Waals surface area contributed by atoms with E-state index >= 15 is 0 Å². The van der Waals surface area contributed by atoms with E-state index in [0.29, 0.717) is 6.07 Å². The summed E-state index contributed by atoms with van der Waals surface area (Å²) in [5, 5.41) is 30.4. The molecule has 2 rings (SSSR count). The molecule has 2 aromatic rings. The fourth-order valence-corrected chi connectivity index (χ4v) is 4.07. The molecule has 2 aromatic carbocycles. The smallest absolute Gasteiger partial charge is 0.346 e. The highest BCUT2D eigenvalue weighted by molar-refractivity contribution is 7.91. The van der Waals surface area contributed by atoms with Gasteiger partial charge >= 0.3 is 11.7 Å². The number of hydrogen-bond donors (Lipinski definition) is 2. The van der Waals surface area contributed by atoms with Gasteiger partial charge in [-0.05, 0) is 12.1 Å². The van der Waals surface area contributed by atoms with E-state index in [1.54, 1.807) is 0 Å². The summed E-state index contributed by atoms with van der Waals surface area (Å²) >= 11 is 5.86. The number of nitro benzene ring substituents is 1. The van der Waals surface area contributed by atoms with E-state index in [9.17, 15) is 33.5 Å². The number of aromatic hydroxyl groups is 2. The molecule has 0 aliphatic carbocycles. The minimum atomic E-state index is -4.56. The number of ether oxygens (including phenoxy) is 1. The largest absolute Gasteiger partial charge is 0.504 e. The quantitative estimate of drug-likeness (QED) is 0.352. The molecule has 132 valence electrons. The Morgan fingerprint density at radius 3 is 2.36 bits per heavy atom. The number of benzene rings is 2. The molecule has 0 fully saturated rings. The second-order valence-corrected chi connectivity index (χ2v) is 6.94. The van der Waals surface area contributed by atoms with Crippen molar-refractivity contribution in [2.45, 2.75) is 9.79 Å². The Morgan fingerprint density at radius 2 is 1.84 bits per heavy atom. The van der Waals surface area contributed by atoms with Crippen LogP contribution in [0.1, 0.15) is 10.4 Å². The Bertz CT molecular complexity index is 987. The maximum atomic E-state index is 12.8. The average molecular weight is 388 g/mol. The normalized spacial score (nSPS) is 11.1. The molecule has 0 heterocycles. The molecule has 0 amide bonds. The van der Waals surface area contributed by atoms with Gasteiger partial charge < -0.3 is 14.9 Å². The van der Waals surface area contributed by atoms with Gasteiger partial charge in [0.25, 0.3) is 0 Å². The van der Waals surface area contributed by atoms with Crippen LogP contribution in [0.4, 0.5) is 5.69 Å². The van der Waals surface area contributed by atoms with Gasteiger partial charge in [-0.15, -0.1) is 0 Å². The van der Waals surface area contributed by atoms with Crippen molar-refractivity contribution in [1.29, 1.82) is 0 Å². The molecule has 11 heteroatoms. The molecule has 0 unspecified atom stereocenters. The lowest BCUT2D eigenvalue weighted by Gasteiger charge is -2.12. The van der Waals surface area contributed by atoms with E-state index < -0.39 is 53.3 Å². The summed E-state index contributed by atoms with van der Waals surface area (Å²) in [4.78, 5) is 20.6. The lowest BCUT2D eigenvalue weighted by molar-refractivity contribution is -0.386. The zero-order valence-electron chi connectivity index (χ0n) is 12.5. The highest BCUT2D eigenvalue weighted by Gasteiger charge is 2.38. The molecule has 0 aliphatic heterocycles. The molecule has 0 aliphatic rings. The topological polar surface area (TPSA) is 144 Å². The van der Waals surface area contributed by atoms with Gasteiger partial charge in [-0.3, -0.25) is 10.1 Å². The van der Waals surface area contributed by atoms with Crippen molar-refractivity contribution in [3.05, 3.63) is 51.0 Å². The highest BCUT2D eigenvalue weighted by atomic mass is 35.5. The molecule has 0 bridgehead atoms. The number of rotatable bonds is 4. The SMILES string of the molecule is COC(=O)c1c(S(=O)(=O)c2ccccc2Cl)cc(O)c(O)c1[N+](=O)[O-]. The zero-order valence-corrected chi connectivity index (χ0v) is 14.0. The van der Waals surface area contributed by atoms with Gasteiger partial charge in [0.1, 0.15) is 0 Å². The van der Waals surface area contributed by atoms with Crippen LogP contribution in [0.25, 0.3) is 0 Å². The van der Waals surface area contributed by atoms with Crippen LogP contribution in [-0.2, 0) is 14.6 Å². The van der Waals surface area contributed by atoms with E-state index in [0.717, 1.165) is 13.2 Å². The van der Waals surface area contributed by atoms with Gasteiger partial charge in [0.2, 0.25) is 15.6 Å². The molecule has 0 spiro atoms. The third-order valence-electron chi connectivity index (χ3n) is 3.21. The Labute approximate surface area is 146 Å². The summed E-state index contributed by atoms with van der Waals surface area (Å²) in [5.74, 6) is -3.74. The van der Waals surface area contributed by atoms with E-state index in [4.69, 9.17) is 11.6 Å². The highest BCUT2D eigenvalue weighted by Crippen LogP contribution is 2.43. The van der Waals surface area contributed by atoms with Crippen LogP contribution in [-0.4, -0.2) is 36.6 Å². The lowest BCUT2D eigenvalue weighted by atomic mass is 10.1. The Morgan fingerprint density at radius 1 is 1.24 bits per heavy atom. The van der Waals surface area contributed by atoms with E-state index in [1.807, 2.05) is 0 Å². The molecule has 25 heavy (non-hydrogen) atoms. The maximum absolute atomic E-state index is 12.8. The van der Waals surface area contributed by atoms with Crippen molar-refractivity contribution in [2.75, 3.05) is 7.11 Å². The minimum Gasteiger partial charge on any atom is -0.504 e.